The number of nitrogens with zero attached hydrogens (tertiary/aromatic N) is 6. The molecule has 3 aromatic rings. The smallest absolute Gasteiger partial charge is 0.326 e. The standard InChI is InChI=1S/C16H17N7O3/c1-8-3-9(2)23-16(19-8)20-13(21-23)5-14(24)22-6-11-10(17-7-18-11)4-12(22)15(25)26/h3,7,12H,4-6H2,1-2H3,(H,17,18)(H,25,26)/t12-/m1/s1. The number of aliphatic carboxylic acids is 1. The first-order valence-corrected chi connectivity index (χ1v) is 8.15. The average Bonchev–Trinajstić information content (AvgIpc) is 3.19. The number of amides is 1. The maximum Gasteiger partial charge on any atom is 0.326 e. The van der Waals surface area contributed by atoms with Gasteiger partial charge in [-0.05, 0) is 19.9 Å². The summed E-state index contributed by atoms with van der Waals surface area (Å²) in [4.78, 5) is 41.4. The van der Waals surface area contributed by atoms with Gasteiger partial charge in [0.15, 0.2) is 5.82 Å². The SMILES string of the molecule is Cc1cc(C)n2nc(CC(=O)N3Cc4[nH]cnc4C[C@@H]3C(=O)O)nc2n1. The van der Waals surface area contributed by atoms with Gasteiger partial charge in [-0.2, -0.15) is 4.98 Å². The summed E-state index contributed by atoms with van der Waals surface area (Å²) in [5.74, 6) is -0.656. The van der Waals surface area contributed by atoms with Gasteiger partial charge in [0.1, 0.15) is 6.04 Å². The van der Waals surface area contributed by atoms with Crippen molar-refractivity contribution in [1.82, 2.24) is 34.4 Å². The van der Waals surface area contributed by atoms with Crippen molar-refractivity contribution in [3.8, 4) is 0 Å². The summed E-state index contributed by atoms with van der Waals surface area (Å²) in [7, 11) is 0. The summed E-state index contributed by atoms with van der Waals surface area (Å²) in [5, 5.41) is 13.8. The summed E-state index contributed by atoms with van der Waals surface area (Å²) >= 11 is 0. The summed E-state index contributed by atoms with van der Waals surface area (Å²) in [5.41, 5.74) is 3.12. The number of H-pyrrole nitrogens is 1. The Labute approximate surface area is 147 Å². The van der Waals surface area contributed by atoms with Crippen molar-refractivity contribution in [2.45, 2.75) is 39.3 Å². The molecule has 1 amide bonds. The third kappa shape index (κ3) is 2.68. The number of hydrogen-bond donors (Lipinski definition) is 2. The van der Waals surface area contributed by atoms with Crippen LogP contribution < -0.4 is 0 Å². The van der Waals surface area contributed by atoms with Crippen LogP contribution in [0.25, 0.3) is 5.78 Å². The van der Waals surface area contributed by atoms with E-state index in [1.807, 2.05) is 19.9 Å². The van der Waals surface area contributed by atoms with Gasteiger partial charge in [0.05, 0.1) is 30.7 Å². The van der Waals surface area contributed by atoms with Gasteiger partial charge < -0.3 is 15.0 Å². The Bertz CT molecular complexity index is 1020. The topological polar surface area (TPSA) is 129 Å². The molecule has 3 aromatic heterocycles. The lowest BCUT2D eigenvalue weighted by Crippen LogP contribution is -2.49. The van der Waals surface area contributed by atoms with Gasteiger partial charge in [0, 0.05) is 17.8 Å². The first kappa shape index (κ1) is 16.2. The molecular weight excluding hydrogens is 338 g/mol. The molecule has 0 saturated heterocycles. The number of carbonyl (C=O) groups excluding carboxylic acids is 1. The van der Waals surface area contributed by atoms with E-state index in [2.05, 4.69) is 25.0 Å². The quantitative estimate of drug-likeness (QED) is 0.679. The number of nitrogens with one attached hydrogen (secondary N) is 1. The number of aromatic amines is 1. The van der Waals surface area contributed by atoms with E-state index < -0.39 is 12.0 Å². The molecule has 0 fully saturated rings. The molecule has 2 N–H and O–H groups in total. The Morgan fingerprint density at radius 3 is 2.92 bits per heavy atom. The molecule has 10 nitrogen and oxygen atoms in total. The van der Waals surface area contributed by atoms with E-state index in [1.165, 1.54) is 11.2 Å². The predicted octanol–water partition coefficient (Wildman–Crippen LogP) is 0.0448. The van der Waals surface area contributed by atoms with Crippen molar-refractivity contribution >= 4 is 17.7 Å². The summed E-state index contributed by atoms with van der Waals surface area (Å²) < 4.78 is 1.58. The molecular formula is C16H17N7O3. The number of fused-ring (bicyclic) bond motifs is 2. The number of imidazole rings is 1. The second kappa shape index (κ2) is 5.90. The van der Waals surface area contributed by atoms with Crippen molar-refractivity contribution in [3.63, 3.8) is 0 Å². The summed E-state index contributed by atoms with van der Waals surface area (Å²) in [6.07, 6.45) is 1.60. The molecule has 4 rings (SSSR count). The molecule has 1 aliphatic rings. The number of rotatable bonds is 3. The first-order valence-electron chi connectivity index (χ1n) is 8.15. The molecule has 0 aliphatic carbocycles. The third-order valence-corrected chi connectivity index (χ3v) is 4.48. The fraction of sp³-hybridized carbons (Fsp3) is 0.375. The van der Waals surface area contributed by atoms with E-state index in [9.17, 15) is 14.7 Å². The second-order valence-electron chi connectivity index (χ2n) is 6.36. The van der Waals surface area contributed by atoms with Crippen LogP contribution in [0.4, 0.5) is 0 Å². The van der Waals surface area contributed by atoms with Gasteiger partial charge in [-0.3, -0.25) is 4.79 Å². The largest absolute Gasteiger partial charge is 0.480 e. The highest BCUT2D eigenvalue weighted by Crippen LogP contribution is 2.21. The molecule has 1 atom stereocenters. The Morgan fingerprint density at radius 2 is 2.15 bits per heavy atom. The maximum absolute atomic E-state index is 12.8. The molecule has 0 unspecified atom stereocenters. The van der Waals surface area contributed by atoms with Crippen molar-refractivity contribution in [2.24, 2.45) is 0 Å². The van der Waals surface area contributed by atoms with Gasteiger partial charge in [-0.1, -0.05) is 0 Å². The van der Waals surface area contributed by atoms with Gasteiger partial charge in [0.25, 0.3) is 5.78 Å². The normalized spacial score (nSPS) is 16.7. The zero-order chi connectivity index (χ0) is 18.4. The monoisotopic (exact) mass is 355 g/mol. The Kier molecular flexibility index (Phi) is 3.67. The van der Waals surface area contributed by atoms with Crippen LogP contribution in [0.3, 0.4) is 0 Å². The van der Waals surface area contributed by atoms with Crippen LogP contribution in [0, 0.1) is 13.8 Å². The van der Waals surface area contributed by atoms with Crippen LogP contribution in [0.1, 0.15) is 28.6 Å². The molecule has 134 valence electrons. The number of aromatic nitrogens is 6. The van der Waals surface area contributed by atoms with Crippen LogP contribution in [-0.4, -0.2) is 57.5 Å². The fourth-order valence-corrected chi connectivity index (χ4v) is 3.24. The molecule has 26 heavy (non-hydrogen) atoms. The van der Waals surface area contributed by atoms with E-state index in [0.717, 1.165) is 17.1 Å². The van der Waals surface area contributed by atoms with Gasteiger partial charge in [0.2, 0.25) is 5.91 Å². The second-order valence-corrected chi connectivity index (χ2v) is 6.36. The lowest BCUT2D eigenvalue weighted by Gasteiger charge is -2.32. The van der Waals surface area contributed by atoms with Crippen LogP contribution in [0.15, 0.2) is 12.4 Å². The lowest BCUT2D eigenvalue weighted by atomic mass is 10.0. The van der Waals surface area contributed by atoms with Crippen LogP contribution in [0.5, 0.6) is 0 Å². The highest BCUT2D eigenvalue weighted by Gasteiger charge is 2.36. The number of carboxylic acids is 1. The maximum atomic E-state index is 12.8. The van der Waals surface area contributed by atoms with Crippen molar-refractivity contribution in [1.29, 1.82) is 0 Å². The summed E-state index contributed by atoms with van der Waals surface area (Å²) in [6, 6.07) is 0.926. The molecule has 0 saturated carbocycles. The molecule has 0 radical (unpaired) electrons. The zero-order valence-corrected chi connectivity index (χ0v) is 14.3. The van der Waals surface area contributed by atoms with E-state index in [0.29, 0.717) is 17.3 Å². The molecule has 4 heterocycles. The van der Waals surface area contributed by atoms with Crippen LogP contribution in [0.2, 0.25) is 0 Å². The van der Waals surface area contributed by atoms with Gasteiger partial charge in [-0.15, -0.1) is 5.10 Å². The highest BCUT2D eigenvalue weighted by atomic mass is 16.4. The van der Waals surface area contributed by atoms with E-state index in [-0.39, 0.29) is 25.3 Å². The van der Waals surface area contributed by atoms with E-state index >= 15 is 0 Å². The average molecular weight is 355 g/mol. The minimum absolute atomic E-state index is 0.0882. The number of carboxylic acid groups (broad SMARTS) is 1. The molecule has 1 aliphatic heterocycles. The fourth-order valence-electron chi connectivity index (χ4n) is 3.24. The Hall–Kier alpha value is -3.30. The summed E-state index contributed by atoms with van der Waals surface area (Å²) in [6.45, 7) is 3.92. The molecule has 0 bridgehead atoms. The highest BCUT2D eigenvalue weighted by molar-refractivity contribution is 5.85. The third-order valence-electron chi connectivity index (χ3n) is 4.48. The predicted molar refractivity (Wildman–Crippen MR) is 88.2 cm³/mol. The Morgan fingerprint density at radius 1 is 1.35 bits per heavy atom. The Balaban J connectivity index is 1.61. The number of aryl methyl sites for hydroxylation is 2. The minimum atomic E-state index is -1.05. The zero-order valence-electron chi connectivity index (χ0n) is 14.3. The van der Waals surface area contributed by atoms with E-state index in [1.54, 1.807) is 4.52 Å². The van der Waals surface area contributed by atoms with Crippen molar-refractivity contribution < 1.29 is 14.7 Å². The molecule has 10 heteroatoms. The van der Waals surface area contributed by atoms with Crippen molar-refractivity contribution in [3.05, 3.63) is 41.0 Å². The number of hydrogen-bond acceptors (Lipinski definition) is 6. The molecule has 0 spiro atoms. The van der Waals surface area contributed by atoms with Gasteiger partial charge >= 0.3 is 5.97 Å². The molecule has 0 aromatic carbocycles. The minimum Gasteiger partial charge on any atom is -0.480 e. The van der Waals surface area contributed by atoms with Gasteiger partial charge in [-0.25, -0.2) is 19.3 Å². The van der Waals surface area contributed by atoms with Crippen LogP contribution in [-0.2, 0) is 29.0 Å². The first-order chi connectivity index (χ1) is 12.4. The van der Waals surface area contributed by atoms with E-state index in [4.69, 9.17) is 0 Å². The van der Waals surface area contributed by atoms with Crippen molar-refractivity contribution in [2.75, 3.05) is 0 Å². The number of carbonyl (C=O) groups is 2. The lowest BCUT2D eigenvalue weighted by molar-refractivity contribution is -0.151. The van der Waals surface area contributed by atoms with Crippen LogP contribution >= 0.6 is 0 Å².